The Morgan fingerprint density at radius 1 is 1.00 bits per heavy atom. The highest BCUT2D eigenvalue weighted by atomic mass is 32.2. The van der Waals surface area contributed by atoms with Gasteiger partial charge in [-0.15, -0.1) is 11.8 Å². The predicted molar refractivity (Wildman–Crippen MR) is 73.5 cm³/mol. The number of hydrogen-bond donors (Lipinski definition) is 1. The van der Waals surface area contributed by atoms with Gasteiger partial charge < -0.3 is 5.11 Å². The van der Waals surface area contributed by atoms with E-state index in [2.05, 4.69) is 0 Å². The minimum atomic E-state index is -0.535. The number of hydrogen-bond acceptors (Lipinski definition) is 2. The summed E-state index contributed by atoms with van der Waals surface area (Å²) >= 11 is 1.71. The van der Waals surface area contributed by atoms with E-state index in [0.29, 0.717) is 0 Å². The van der Waals surface area contributed by atoms with Crippen molar-refractivity contribution in [3.05, 3.63) is 65.2 Å². The Labute approximate surface area is 107 Å². The molecule has 0 saturated heterocycles. The van der Waals surface area contributed by atoms with Gasteiger partial charge in [0.1, 0.15) is 6.10 Å². The maximum absolute atomic E-state index is 10.3. The van der Waals surface area contributed by atoms with Gasteiger partial charge in [-0.3, -0.25) is 0 Å². The van der Waals surface area contributed by atoms with Crippen LogP contribution < -0.4 is 0 Å². The molecule has 1 N–H and O–H groups in total. The van der Waals surface area contributed by atoms with Gasteiger partial charge in [0.25, 0.3) is 0 Å². The summed E-state index contributed by atoms with van der Waals surface area (Å²) in [4.78, 5) is 1.21. The van der Waals surface area contributed by atoms with Gasteiger partial charge in [0.05, 0.1) is 0 Å². The SMILES string of the molecule is CSc1ccc(C(O)c2ccccc2C)cc1. The van der Waals surface area contributed by atoms with Gasteiger partial charge in [0.15, 0.2) is 0 Å². The highest BCUT2D eigenvalue weighted by molar-refractivity contribution is 7.98. The van der Waals surface area contributed by atoms with Crippen LogP contribution >= 0.6 is 11.8 Å². The van der Waals surface area contributed by atoms with Crippen LogP contribution in [0.25, 0.3) is 0 Å². The van der Waals surface area contributed by atoms with E-state index in [1.165, 1.54) is 4.90 Å². The number of benzene rings is 2. The van der Waals surface area contributed by atoms with E-state index in [-0.39, 0.29) is 0 Å². The molecule has 2 aromatic rings. The largest absolute Gasteiger partial charge is 0.384 e. The maximum atomic E-state index is 10.3. The zero-order valence-corrected chi connectivity index (χ0v) is 10.9. The molecule has 1 atom stereocenters. The quantitative estimate of drug-likeness (QED) is 0.829. The van der Waals surface area contributed by atoms with Crippen molar-refractivity contribution in [1.29, 1.82) is 0 Å². The Kier molecular flexibility index (Phi) is 3.87. The van der Waals surface area contributed by atoms with Crippen molar-refractivity contribution in [3.63, 3.8) is 0 Å². The molecule has 1 unspecified atom stereocenters. The molecule has 0 fully saturated rings. The zero-order chi connectivity index (χ0) is 12.3. The molecule has 88 valence electrons. The second-order valence-electron chi connectivity index (χ2n) is 4.03. The fourth-order valence-corrected chi connectivity index (χ4v) is 2.27. The fraction of sp³-hybridized carbons (Fsp3) is 0.200. The molecule has 2 rings (SSSR count). The van der Waals surface area contributed by atoms with Crippen LogP contribution in [0.5, 0.6) is 0 Å². The van der Waals surface area contributed by atoms with Crippen LogP contribution in [0.15, 0.2) is 53.4 Å². The number of aliphatic hydroxyl groups excluding tert-OH is 1. The highest BCUT2D eigenvalue weighted by Gasteiger charge is 2.11. The Morgan fingerprint density at radius 3 is 2.24 bits per heavy atom. The average molecular weight is 244 g/mol. The molecule has 0 amide bonds. The monoisotopic (exact) mass is 244 g/mol. The van der Waals surface area contributed by atoms with E-state index in [1.54, 1.807) is 11.8 Å². The third kappa shape index (κ3) is 2.71. The molecule has 0 spiro atoms. The van der Waals surface area contributed by atoms with Crippen molar-refractivity contribution >= 4 is 11.8 Å². The number of aryl methyl sites for hydroxylation is 1. The van der Waals surface area contributed by atoms with Gasteiger partial charge in [-0.1, -0.05) is 36.4 Å². The smallest absolute Gasteiger partial charge is 0.104 e. The first-order chi connectivity index (χ1) is 8.22. The number of thioether (sulfide) groups is 1. The summed E-state index contributed by atoms with van der Waals surface area (Å²) in [5.74, 6) is 0. The fourth-order valence-electron chi connectivity index (χ4n) is 1.86. The van der Waals surface area contributed by atoms with Crippen molar-refractivity contribution in [2.75, 3.05) is 6.26 Å². The first-order valence-corrected chi connectivity index (χ1v) is 6.82. The van der Waals surface area contributed by atoms with Crippen LogP contribution in [0.1, 0.15) is 22.8 Å². The molecule has 0 aliphatic heterocycles. The van der Waals surface area contributed by atoms with E-state index in [0.717, 1.165) is 16.7 Å². The molecule has 0 bridgehead atoms. The van der Waals surface area contributed by atoms with E-state index in [9.17, 15) is 5.11 Å². The Hall–Kier alpha value is -1.25. The minimum absolute atomic E-state index is 0.535. The number of aliphatic hydroxyl groups is 1. The molecule has 0 saturated carbocycles. The van der Waals surface area contributed by atoms with E-state index < -0.39 is 6.10 Å². The summed E-state index contributed by atoms with van der Waals surface area (Å²) in [6, 6.07) is 16.0. The Morgan fingerprint density at radius 2 is 1.65 bits per heavy atom. The van der Waals surface area contributed by atoms with Gasteiger partial charge >= 0.3 is 0 Å². The first kappa shape index (κ1) is 12.2. The standard InChI is InChI=1S/C15H16OS/c1-11-5-3-4-6-14(11)15(16)12-7-9-13(17-2)10-8-12/h3-10,15-16H,1-2H3. The molecule has 2 heteroatoms. The van der Waals surface area contributed by atoms with E-state index in [4.69, 9.17) is 0 Å². The highest BCUT2D eigenvalue weighted by Crippen LogP contribution is 2.26. The van der Waals surface area contributed by atoms with Crippen LogP contribution in [0.3, 0.4) is 0 Å². The average Bonchev–Trinajstić information content (AvgIpc) is 2.39. The molecule has 0 aromatic heterocycles. The summed E-state index contributed by atoms with van der Waals surface area (Å²) in [7, 11) is 0. The molecule has 0 aliphatic carbocycles. The molecule has 0 aliphatic rings. The van der Waals surface area contributed by atoms with Crippen LogP contribution in [0.4, 0.5) is 0 Å². The third-order valence-electron chi connectivity index (χ3n) is 2.91. The Balaban J connectivity index is 2.30. The van der Waals surface area contributed by atoms with Crippen LogP contribution in [0, 0.1) is 6.92 Å². The second-order valence-corrected chi connectivity index (χ2v) is 4.91. The van der Waals surface area contributed by atoms with Crippen molar-refractivity contribution in [2.45, 2.75) is 17.9 Å². The van der Waals surface area contributed by atoms with Crippen molar-refractivity contribution < 1.29 is 5.11 Å². The zero-order valence-electron chi connectivity index (χ0n) is 10.1. The van der Waals surface area contributed by atoms with E-state index in [1.807, 2.05) is 61.7 Å². The first-order valence-electron chi connectivity index (χ1n) is 5.60. The lowest BCUT2D eigenvalue weighted by Gasteiger charge is -2.14. The van der Waals surface area contributed by atoms with Gasteiger partial charge in [-0.05, 0) is 42.0 Å². The Bertz CT molecular complexity index is 491. The summed E-state index contributed by atoms with van der Waals surface area (Å²) in [6.07, 6.45) is 1.51. The second kappa shape index (κ2) is 5.39. The molecule has 0 radical (unpaired) electrons. The van der Waals surface area contributed by atoms with Crippen molar-refractivity contribution in [3.8, 4) is 0 Å². The van der Waals surface area contributed by atoms with Gasteiger partial charge in [0, 0.05) is 4.90 Å². The topological polar surface area (TPSA) is 20.2 Å². The molecule has 17 heavy (non-hydrogen) atoms. The van der Waals surface area contributed by atoms with Crippen LogP contribution in [-0.4, -0.2) is 11.4 Å². The summed E-state index contributed by atoms with van der Waals surface area (Å²) in [6.45, 7) is 2.02. The molecule has 2 aromatic carbocycles. The van der Waals surface area contributed by atoms with Crippen LogP contribution in [-0.2, 0) is 0 Å². The normalized spacial score (nSPS) is 12.4. The van der Waals surface area contributed by atoms with Gasteiger partial charge in [-0.25, -0.2) is 0 Å². The van der Waals surface area contributed by atoms with Gasteiger partial charge in [-0.2, -0.15) is 0 Å². The van der Waals surface area contributed by atoms with Crippen molar-refractivity contribution in [1.82, 2.24) is 0 Å². The lowest BCUT2D eigenvalue weighted by Crippen LogP contribution is -2.01. The number of rotatable bonds is 3. The third-order valence-corrected chi connectivity index (χ3v) is 3.66. The molecular weight excluding hydrogens is 228 g/mol. The molecule has 0 heterocycles. The summed E-state index contributed by atoms with van der Waals surface area (Å²) < 4.78 is 0. The predicted octanol–water partition coefficient (Wildman–Crippen LogP) is 3.80. The van der Waals surface area contributed by atoms with E-state index >= 15 is 0 Å². The van der Waals surface area contributed by atoms with Gasteiger partial charge in [0.2, 0.25) is 0 Å². The van der Waals surface area contributed by atoms with Crippen molar-refractivity contribution in [2.24, 2.45) is 0 Å². The van der Waals surface area contributed by atoms with Crippen LogP contribution in [0.2, 0.25) is 0 Å². The summed E-state index contributed by atoms with van der Waals surface area (Å²) in [5.41, 5.74) is 3.04. The maximum Gasteiger partial charge on any atom is 0.104 e. The minimum Gasteiger partial charge on any atom is -0.384 e. The summed E-state index contributed by atoms with van der Waals surface area (Å²) in [5, 5.41) is 10.3. The lowest BCUT2D eigenvalue weighted by atomic mass is 9.98. The molecular formula is C15H16OS. The lowest BCUT2D eigenvalue weighted by molar-refractivity contribution is 0.219. The molecule has 1 nitrogen and oxygen atoms in total.